The molecule has 1 aromatic carbocycles. The molecule has 0 bridgehead atoms. The van der Waals surface area contributed by atoms with Gasteiger partial charge in [0.15, 0.2) is 0 Å². The Labute approximate surface area is 172 Å². The Morgan fingerprint density at radius 2 is 1.90 bits per heavy atom. The highest BCUT2D eigenvalue weighted by Crippen LogP contribution is 2.31. The van der Waals surface area contributed by atoms with E-state index in [4.69, 9.17) is 0 Å². The van der Waals surface area contributed by atoms with Crippen molar-refractivity contribution in [1.29, 1.82) is 0 Å². The van der Waals surface area contributed by atoms with Gasteiger partial charge in [-0.1, -0.05) is 18.2 Å². The summed E-state index contributed by atoms with van der Waals surface area (Å²) >= 11 is 0. The molecule has 1 fully saturated rings. The highest BCUT2D eigenvalue weighted by molar-refractivity contribution is 7.92. The van der Waals surface area contributed by atoms with Gasteiger partial charge in [0, 0.05) is 45.5 Å². The number of hydrogen-bond donors (Lipinski definition) is 1. The van der Waals surface area contributed by atoms with Gasteiger partial charge in [-0.05, 0) is 42.2 Å². The van der Waals surface area contributed by atoms with Crippen LogP contribution in [0, 0.1) is 0 Å². The zero-order valence-electron chi connectivity index (χ0n) is 16.7. The lowest BCUT2D eigenvalue weighted by Crippen LogP contribution is -2.47. The molecule has 2 aliphatic heterocycles. The maximum atomic E-state index is 12.0. The largest absolute Gasteiger partial charge is 0.387 e. The number of aliphatic hydroxyl groups excluding tert-OH is 1. The average molecular weight is 417 g/mol. The number of β-amino-alcohol motifs (C(OH)–C–C–N with tert-alkyl or cyclic N) is 1. The summed E-state index contributed by atoms with van der Waals surface area (Å²) in [5.41, 5.74) is 2.60. The van der Waals surface area contributed by atoms with E-state index in [1.165, 1.54) is 10.6 Å². The first-order valence-corrected chi connectivity index (χ1v) is 11.9. The number of benzene rings is 1. The highest BCUT2D eigenvalue weighted by Gasteiger charge is 2.26. The monoisotopic (exact) mass is 416 g/mol. The molecule has 2 aromatic rings. The van der Waals surface area contributed by atoms with Crippen LogP contribution in [0.2, 0.25) is 0 Å². The maximum absolute atomic E-state index is 12.0. The molecule has 3 heterocycles. The van der Waals surface area contributed by atoms with Crippen LogP contribution >= 0.6 is 0 Å². The van der Waals surface area contributed by atoms with E-state index < -0.39 is 16.1 Å². The van der Waals surface area contributed by atoms with Crippen LogP contribution < -0.4 is 9.21 Å². The van der Waals surface area contributed by atoms with Gasteiger partial charge in [0.2, 0.25) is 10.0 Å². The SMILES string of the molecule is CS(=O)(=O)N1CCCc2cc(C(O)CN3CCN(c4ccccn4)CC3)ccc21. The van der Waals surface area contributed by atoms with Gasteiger partial charge in [0.1, 0.15) is 5.82 Å². The minimum atomic E-state index is -3.27. The van der Waals surface area contributed by atoms with Crippen LogP contribution in [-0.2, 0) is 16.4 Å². The molecule has 0 spiro atoms. The molecular weight excluding hydrogens is 388 g/mol. The second-order valence-corrected chi connectivity index (χ2v) is 9.73. The number of nitrogens with zero attached hydrogens (tertiary/aromatic N) is 4. The van der Waals surface area contributed by atoms with Gasteiger partial charge >= 0.3 is 0 Å². The Kier molecular flexibility index (Phi) is 5.76. The summed E-state index contributed by atoms with van der Waals surface area (Å²) in [5, 5.41) is 10.8. The summed E-state index contributed by atoms with van der Waals surface area (Å²) in [7, 11) is -3.27. The Bertz CT molecular complexity index is 944. The smallest absolute Gasteiger partial charge is 0.232 e. The molecule has 0 aliphatic carbocycles. The number of aliphatic hydroxyl groups is 1. The fourth-order valence-electron chi connectivity index (χ4n) is 4.18. The van der Waals surface area contributed by atoms with Gasteiger partial charge < -0.3 is 10.0 Å². The van der Waals surface area contributed by atoms with Crippen LogP contribution in [0.15, 0.2) is 42.6 Å². The molecule has 1 atom stereocenters. The number of anilines is 2. The number of sulfonamides is 1. The van der Waals surface area contributed by atoms with Crippen LogP contribution in [0.25, 0.3) is 0 Å². The summed E-state index contributed by atoms with van der Waals surface area (Å²) in [5.74, 6) is 0.998. The summed E-state index contributed by atoms with van der Waals surface area (Å²) < 4.78 is 25.5. The molecule has 8 heteroatoms. The van der Waals surface area contributed by atoms with Gasteiger partial charge in [-0.15, -0.1) is 0 Å². The number of piperazine rings is 1. The third kappa shape index (κ3) is 4.55. The van der Waals surface area contributed by atoms with Crippen molar-refractivity contribution in [3.63, 3.8) is 0 Å². The van der Waals surface area contributed by atoms with Crippen LogP contribution in [0.4, 0.5) is 11.5 Å². The standard InChI is InChI=1S/C21H28N4O3S/c1-29(27,28)25-10-4-5-17-15-18(7-8-19(17)25)20(26)16-23-11-13-24(14-12-23)21-6-2-3-9-22-21/h2-3,6-9,15,20,26H,4-5,10-14,16H2,1H3. The van der Waals surface area contributed by atoms with Crippen molar-refractivity contribution in [3.8, 4) is 0 Å². The molecule has 156 valence electrons. The topological polar surface area (TPSA) is 77.0 Å². The fourth-order valence-corrected chi connectivity index (χ4v) is 5.18. The van der Waals surface area contributed by atoms with Crippen LogP contribution in [-0.4, -0.2) is 68.9 Å². The molecule has 1 N–H and O–H groups in total. The van der Waals surface area contributed by atoms with Gasteiger partial charge in [-0.3, -0.25) is 9.21 Å². The Balaban J connectivity index is 1.39. The zero-order chi connectivity index (χ0) is 20.4. The summed E-state index contributed by atoms with van der Waals surface area (Å²) in [6, 6.07) is 11.6. The van der Waals surface area contributed by atoms with Crippen molar-refractivity contribution in [2.75, 3.05) is 54.7 Å². The quantitative estimate of drug-likeness (QED) is 0.799. The molecule has 0 amide bonds. The number of aryl methyl sites for hydroxylation is 1. The Morgan fingerprint density at radius 1 is 1.10 bits per heavy atom. The summed E-state index contributed by atoms with van der Waals surface area (Å²) in [6.45, 7) is 4.62. The molecule has 1 unspecified atom stereocenters. The van der Waals surface area contributed by atoms with Crippen molar-refractivity contribution in [3.05, 3.63) is 53.7 Å². The first-order chi connectivity index (χ1) is 13.9. The highest BCUT2D eigenvalue weighted by atomic mass is 32.2. The predicted molar refractivity (Wildman–Crippen MR) is 115 cm³/mol. The van der Waals surface area contributed by atoms with Crippen LogP contribution in [0.5, 0.6) is 0 Å². The van der Waals surface area contributed by atoms with Crippen LogP contribution in [0.1, 0.15) is 23.7 Å². The molecule has 29 heavy (non-hydrogen) atoms. The number of hydrogen-bond acceptors (Lipinski definition) is 6. The number of aromatic nitrogens is 1. The fraction of sp³-hybridized carbons (Fsp3) is 0.476. The van der Waals surface area contributed by atoms with E-state index in [2.05, 4.69) is 14.8 Å². The molecular formula is C21H28N4O3S. The number of fused-ring (bicyclic) bond motifs is 1. The van der Waals surface area contributed by atoms with Crippen LogP contribution in [0.3, 0.4) is 0 Å². The third-order valence-electron chi connectivity index (χ3n) is 5.74. The first kappa shape index (κ1) is 20.1. The lowest BCUT2D eigenvalue weighted by molar-refractivity contribution is 0.109. The lowest BCUT2D eigenvalue weighted by Gasteiger charge is -2.36. The lowest BCUT2D eigenvalue weighted by atomic mass is 9.98. The minimum absolute atomic E-state index is 0.522. The van der Waals surface area contributed by atoms with E-state index in [0.29, 0.717) is 13.1 Å². The van der Waals surface area contributed by atoms with Gasteiger partial charge in [0.05, 0.1) is 18.0 Å². The zero-order valence-corrected chi connectivity index (χ0v) is 17.6. The van der Waals surface area contributed by atoms with E-state index in [1.807, 2.05) is 42.6 Å². The normalized spacial score (nSPS) is 19.1. The van der Waals surface area contributed by atoms with Crippen molar-refractivity contribution in [2.45, 2.75) is 18.9 Å². The van der Waals surface area contributed by atoms with E-state index in [0.717, 1.165) is 61.7 Å². The molecule has 0 saturated carbocycles. The minimum Gasteiger partial charge on any atom is -0.387 e. The van der Waals surface area contributed by atoms with Crippen molar-refractivity contribution in [1.82, 2.24) is 9.88 Å². The number of pyridine rings is 1. The molecule has 7 nitrogen and oxygen atoms in total. The van der Waals surface area contributed by atoms with E-state index in [1.54, 1.807) is 0 Å². The average Bonchev–Trinajstić information content (AvgIpc) is 2.73. The Hall–Kier alpha value is -2.16. The van der Waals surface area contributed by atoms with Crippen molar-refractivity contribution < 1.29 is 13.5 Å². The molecule has 1 aromatic heterocycles. The molecule has 2 aliphatic rings. The van der Waals surface area contributed by atoms with Gasteiger partial charge in [-0.2, -0.15) is 0 Å². The molecule has 1 saturated heterocycles. The predicted octanol–water partition coefficient (Wildman–Crippen LogP) is 1.65. The summed E-state index contributed by atoms with van der Waals surface area (Å²) in [6.07, 6.45) is 4.11. The van der Waals surface area contributed by atoms with Gasteiger partial charge in [-0.25, -0.2) is 13.4 Å². The van der Waals surface area contributed by atoms with Gasteiger partial charge in [0.25, 0.3) is 0 Å². The molecule has 0 radical (unpaired) electrons. The van der Waals surface area contributed by atoms with Crippen molar-refractivity contribution in [2.24, 2.45) is 0 Å². The third-order valence-corrected chi connectivity index (χ3v) is 6.92. The second-order valence-electron chi connectivity index (χ2n) is 7.82. The van der Waals surface area contributed by atoms with E-state index in [9.17, 15) is 13.5 Å². The van der Waals surface area contributed by atoms with Crippen molar-refractivity contribution >= 4 is 21.5 Å². The maximum Gasteiger partial charge on any atom is 0.232 e. The Morgan fingerprint density at radius 3 is 2.59 bits per heavy atom. The summed E-state index contributed by atoms with van der Waals surface area (Å²) in [4.78, 5) is 8.95. The number of rotatable bonds is 5. The first-order valence-electron chi connectivity index (χ1n) is 10.1. The van der Waals surface area contributed by atoms with E-state index >= 15 is 0 Å². The van der Waals surface area contributed by atoms with E-state index in [-0.39, 0.29) is 0 Å². The second kappa shape index (κ2) is 8.30. The molecule has 4 rings (SSSR count).